The Labute approximate surface area is 352 Å². The smallest absolute Gasteiger partial charge is 0.216 e. The number of rotatable bonds is 6. The predicted octanol–water partition coefficient (Wildman–Crippen LogP) is 12.5. The van der Waals surface area contributed by atoms with Gasteiger partial charge < -0.3 is 14.4 Å². The molecule has 0 bridgehead atoms. The van der Waals surface area contributed by atoms with Crippen LogP contribution in [0.15, 0.2) is 126 Å². The molecule has 0 saturated heterocycles. The molecule has 4 heterocycles. The molecule has 0 aliphatic carbocycles. The van der Waals surface area contributed by atoms with Gasteiger partial charge in [-0.25, -0.2) is 4.98 Å². The maximum atomic E-state index is 8.41. The summed E-state index contributed by atoms with van der Waals surface area (Å²) < 4.78 is 115. The van der Waals surface area contributed by atoms with Crippen LogP contribution in [0.1, 0.15) is 79.0 Å². The number of hydrogen-bond acceptors (Lipinski definition) is 4. The number of fused-ring (bicyclic) bond motifs is 3. The van der Waals surface area contributed by atoms with Crippen molar-refractivity contribution in [1.29, 1.82) is 0 Å². The summed E-state index contributed by atoms with van der Waals surface area (Å²) in [5.41, 5.74) is 6.56. The largest absolute Gasteiger partial charge is 0.486 e. The third-order valence-corrected chi connectivity index (χ3v) is 8.46. The van der Waals surface area contributed by atoms with Gasteiger partial charge in [0, 0.05) is 62.8 Å². The van der Waals surface area contributed by atoms with Crippen molar-refractivity contribution in [3.8, 4) is 33.6 Å². The molecule has 0 amide bonds. The van der Waals surface area contributed by atoms with E-state index in [1.165, 1.54) is 24.3 Å². The van der Waals surface area contributed by atoms with Gasteiger partial charge in [0.2, 0.25) is 5.71 Å². The summed E-state index contributed by atoms with van der Waals surface area (Å²) in [5.74, 6) is 0. The molecule has 5 heteroatoms. The van der Waals surface area contributed by atoms with Gasteiger partial charge in [0.25, 0.3) is 0 Å². The van der Waals surface area contributed by atoms with Crippen LogP contribution in [0.2, 0.25) is 0 Å². The molecule has 0 unspecified atom stereocenters. The van der Waals surface area contributed by atoms with E-state index in [1.807, 2.05) is 69.3 Å². The summed E-state index contributed by atoms with van der Waals surface area (Å²) in [4.78, 5) is 13.0. The number of hydrogen-bond donors (Lipinski definition) is 0. The van der Waals surface area contributed by atoms with Crippen molar-refractivity contribution in [2.24, 2.45) is 5.41 Å². The fourth-order valence-electron chi connectivity index (χ4n) is 5.99. The standard InChI is InChI=1S/C26H21N2O.C23H24N.Ir/c1-16-7-9-19(13-17(16)2)14-20-11-12-27-24(15-20)23-6-4-5-21-22-10-8-18(3)28-26(22)29-25(21)23;1-17-5-9-20(10-6-17)22-15-21(13-14-24-22)19-11-7-18(8-12-19)16-23(2,3)4;/h4-5,7-13,15H,14H2,1-3H3;5-9,11-15H,16H2,1-4H3;/q2*-1;/i1D3,2D3,3D3;1D3,16D2;. The Balaban J connectivity index is 0.000000229. The zero-order chi connectivity index (χ0) is 48.9. The summed E-state index contributed by atoms with van der Waals surface area (Å²) in [6.07, 6.45) is 2.23. The molecular weight excluding hydrogens is 839 g/mol. The first-order chi connectivity index (χ1) is 31.1. The molecule has 0 saturated carbocycles. The Morgan fingerprint density at radius 2 is 1.48 bits per heavy atom. The van der Waals surface area contributed by atoms with Crippen LogP contribution in [-0.2, 0) is 32.9 Å². The molecule has 4 aromatic heterocycles. The summed E-state index contributed by atoms with van der Waals surface area (Å²) in [6, 6.07) is 37.0. The molecular formula is C49H45IrN3O-2. The Kier molecular flexibility index (Phi) is 7.37. The molecule has 8 rings (SSSR count). The molecule has 54 heavy (non-hydrogen) atoms. The van der Waals surface area contributed by atoms with E-state index in [9.17, 15) is 0 Å². The van der Waals surface area contributed by atoms with Crippen molar-refractivity contribution in [2.75, 3.05) is 0 Å². The fraction of sp³-hybridized carbons (Fsp3) is 0.204. The predicted molar refractivity (Wildman–Crippen MR) is 219 cm³/mol. The second-order valence-electron chi connectivity index (χ2n) is 13.7. The molecule has 0 aliphatic heterocycles. The second kappa shape index (κ2) is 16.4. The zero-order valence-corrected chi connectivity index (χ0v) is 32.2. The van der Waals surface area contributed by atoms with E-state index in [1.54, 1.807) is 48.8 Å². The van der Waals surface area contributed by atoms with Gasteiger partial charge >= 0.3 is 0 Å². The van der Waals surface area contributed by atoms with E-state index >= 15 is 0 Å². The van der Waals surface area contributed by atoms with Crippen LogP contribution < -0.4 is 0 Å². The minimum atomic E-state index is -2.57. The van der Waals surface area contributed by atoms with Crippen LogP contribution in [0.25, 0.3) is 55.7 Å². The van der Waals surface area contributed by atoms with Gasteiger partial charge in [0.15, 0.2) is 0 Å². The number of benzene rings is 4. The van der Waals surface area contributed by atoms with E-state index < -0.39 is 39.2 Å². The van der Waals surface area contributed by atoms with Gasteiger partial charge in [-0.15, -0.1) is 53.6 Å². The van der Waals surface area contributed by atoms with Crippen molar-refractivity contribution >= 4 is 22.1 Å². The van der Waals surface area contributed by atoms with Crippen LogP contribution in [-0.4, -0.2) is 15.0 Å². The summed E-state index contributed by atoms with van der Waals surface area (Å²) in [5, 5.41) is 1.42. The van der Waals surface area contributed by atoms with Gasteiger partial charge in [0.1, 0.15) is 0 Å². The van der Waals surface area contributed by atoms with E-state index in [4.69, 9.17) is 23.6 Å². The van der Waals surface area contributed by atoms with Crippen LogP contribution in [0.4, 0.5) is 0 Å². The van der Waals surface area contributed by atoms with Crippen LogP contribution >= 0.6 is 0 Å². The van der Waals surface area contributed by atoms with E-state index in [0.29, 0.717) is 45.5 Å². The van der Waals surface area contributed by atoms with Gasteiger partial charge in [0.05, 0.1) is 5.58 Å². The average molecular weight is 898 g/mol. The monoisotopic (exact) mass is 898 g/mol. The van der Waals surface area contributed by atoms with Crippen molar-refractivity contribution in [3.63, 3.8) is 0 Å². The minimum absolute atomic E-state index is 0. The summed E-state index contributed by atoms with van der Waals surface area (Å²) in [6.45, 7) is -3.93. The first-order valence-electron chi connectivity index (χ1n) is 24.0. The molecule has 273 valence electrons. The van der Waals surface area contributed by atoms with Gasteiger partial charge in [-0.2, -0.15) is 0 Å². The molecule has 0 aliphatic rings. The summed E-state index contributed by atoms with van der Waals surface area (Å²) in [7, 11) is 0. The minimum Gasteiger partial charge on any atom is -0.486 e. The fourth-order valence-corrected chi connectivity index (χ4v) is 5.99. The van der Waals surface area contributed by atoms with Crippen molar-refractivity contribution in [2.45, 2.75) is 61.0 Å². The first-order valence-corrected chi connectivity index (χ1v) is 17.0. The van der Waals surface area contributed by atoms with Gasteiger partial charge in [-0.05, 0) is 113 Å². The molecule has 0 N–H and O–H groups in total. The van der Waals surface area contributed by atoms with E-state index in [0.717, 1.165) is 27.6 Å². The van der Waals surface area contributed by atoms with E-state index in [-0.39, 0.29) is 48.2 Å². The summed E-state index contributed by atoms with van der Waals surface area (Å²) >= 11 is 0. The Morgan fingerprint density at radius 3 is 2.24 bits per heavy atom. The molecule has 4 aromatic carbocycles. The zero-order valence-electron chi connectivity index (χ0n) is 43.8. The average Bonchev–Trinajstić information content (AvgIpc) is 3.64. The van der Waals surface area contributed by atoms with Crippen LogP contribution in [0, 0.1) is 45.0 Å². The number of furan rings is 1. The van der Waals surface area contributed by atoms with Crippen molar-refractivity contribution in [3.05, 3.63) is 173 Å². The second-order valence-corrected chi connectivity index (χ2v) is 13.7. The molecule has 0 fully saturated rings. The Bertz CT molecular complexity index is 3060. The van der Waals surface area contributed by atoms with Crippen molar-refractivity contribution in [1.82, 2.24) is 15.0 Å². The first kappa shape index (κ1) is 24.2. The van der Waals surface area contributed by atoms with Gasteiger partial charge in [-0.1, -0.05) is 93.2 Å². The van der Waals surface area contributed by atoms with Crippen LogP contribution in [0.3, 0.4) is 0 Å². The number of aryl methyl sites for hydroxylation is 4. The third kappa shape index (κ3) is 9.10. The topological polar surface area (TPSA) is 51.8 Å². The van der Waals surface area contributed by atoms with Crippen LogP contribution in [0.5, 0.6) is 0 Å². The Morgan fingerprint density at radius 1 is 0.685 bits per heavy atom. The molecule has 1 radical (unpaired) electrons. The number of pyridine rings is 3. The molecule has 0 spiro atoms. The molecule has 0 atom stereocenters. The maximum Gasteiger partial charge on any atom is 0.216 e. The maximum absolute atomic E-state index is 8.41. The quantitative estimate of drug-likeness (QED) is 0.156. The molecule has 4 nitrogen and oxygen atoms in total. The SMILES string of the molecule is [2H]C([2H])([2H])c1c[c-]c(-c2cc(-c3ccc(C([2H])([2H])C(C)(C)C)cc3)ccn2)cc1.[2H]C([2H])([2H])c1ccc2c(n1)oc1c(-c3cc(Cc4ccc(C([2H])([2H])[2H])c(C([2H])([2H])[2H])c4)ccn3)[c-]ccc12.[Ir]. The number of nitrogens with zero attached hydrogens (tertiary/aromatic N) is 3. The number of aromatic nitrogens is 3. The molecule has 8 aromatic rings. The van der Waals surface area contributed by atoms with Gasteiger partial charge in [-0.3, -0.25) is 0 Å². The van der Waals surface area contributed by atoms with E-state index in [2.05, 4.69) is 27.1 Å². The Hall–Kier alpha value is -5.22. The van der Waals surface area contributed by atoms with Crippen molar-refractivity contribution < 1.29 is 43.7 Å². The third-order valence-electron chi connectivity index (χ3n) is 8.46. The normalized spacial score (nSPS) is 16.3.